The Morgan fingerprint density at radius 3 is 2.79 bits per heavy atom. The maximum absolute atomic E-state index is 11.9. The quantitative estimate of drug-likeness (QED) is 0.891. The molecule has 3 nitrogen and oxygen atoms in total. The van der Waals surface area contributed by atoms with Crippen molar-refractivity contribution >= 4 is 52.6 Å². The first-order valence-electron chi connectivity index (χ1n) is 5.17. The lowest BCUT2D eigenvalue weighted by Gasteiger charge is -2.25. The van der Waals surface area contributed by atoms with Crippen molar-refractivity contribution in [2.45, 2.75) is 5.37 Å². The molecule has 0 aliphatic carbocycles. The molecule has 19 heavy (non-hydrogen) atoms. The number of hydrogen-bond acceptors (Lipinski definition) is 4. The fourth-order valence-electron chi connectivity index (χ4n) is 1.58. The molecule has 1 aromatic carbocycles. The molecule has 7 heteroatoms. The van der Waals surface area contributed by atoms with Gasteiger partial charge in [0.05, 0.1) is 4.24 Å². The minimum atomic E-state index is -0.374. The minimum absolute atomic E-state index is 0.152. The van der Waals surface area contributed by atoms with Crippen LogP contribution in [-0.4, -0.2) is 12.2 Å². The third kappa shape index (κ3) is 3.03. The molecule has 1 aliphatic rings. The topological polar surface area (TPSA) is 52.9 Å². The predicted molar refractivity (Wildman–Crippen MR) is 81.1 cm³/mol. The van der Waals surface area contributed by atoms with Crippen LogP contribution in [0.1, 0.15) is 10.9 Å². The molecule has 1 amide bonds. The SMILES string of the molecule is CSC1=C(C#N)C(=O)N[C@H](c2ccc(Cl)cc2Cl)S1. The molecule has 98 valence electrons. The van der Waals surface area contributed by atoms with Crippen molar-refractivity contribution in [3.05, 3.63) is 43.6 Å². The lowest BCUT2D eigenvalue weighted by Crippen LogP contribution is -2.31. The molecule has 0 bridgehead atoms. The third-order valence-electron chi connectivity index (χ3n) is 2.46. The van der Waals surface area contributed by atoms with Crippen LogP contribution in [0.2, 0.25) is 10.0 Å². The summed E-state index contributed by atoms with van der Waals surface area (Å²) in [5.41, 5.74) is 0.923. The largest absolute Gasteiger partial charge is 0.335 e. The van der Waals surface area contributed by atoms with Crippen LogP contribution in [0.15, 0.2) is 28.0 Å². The predicted octanol–water partition coefficient (Wildman–Crippen LogP) is 3.95. The molecule has 0 saturated heterocycles. The van der Waals surface area contributed by atoms with Gasteiger partial charge in [0.25, 0.3) is 5.91 Å². The Hall–Kier alpha value is -0.800. The van der Waals surface area contributed by atoms with Gasteiger partial charge in [0.2, 0.25) is 0 Å². The Kier molecular flexibility index (Phi) is 4.69. The molecule has 1 aromatic rings. The molecule has 1 aliphatic heterocycles. The molecule has 0 saturated carbocycles. The van der Waals surface area contributed by atoms with E-state index in [1.54, 1.807) is 18.2 Å². The number of halogens is 2. The van der Waals surface area contributed by atoms with Crippen LogP contribution in [0.4, 0.5) is 0 Å². The highest BCUT2D eigenvalue weighted by molar-refractivity contribution is 8.22. The zero-order chi connectivity index (χ0) is 14.0. The maximum Gasteiger partial charge on any atom is 0.264 e. The molecule has 0 aromatic heterocycles. The van der Waals surface area contributed by atoms with E-state index in [0.29, 0.717) is 14.3 Å². The van der Waals surface area contributed by atoms with Gasteiger partial charge in [0, 0.05) is 15.6 Å². The standard InChI is InChI=1S/C12H8Cl2N2OS2/c1-18-12-8(5-15)10(17)16-11(19-12)7-3-2-6(13)4-9(7)14/h2-4,11H,1H3,(H,16,17)/t11-/m0/s1. The van der Waals surface area contributed by atoms with E-state index in [9.17, 15) is 4.79 Å². The average Bonchev–Trinajstić information content (AvgIpc) is 2.37. The summed E-state index contributed by atoms with van der Waals surface area (Å²) in [6, 6.07) is 7.05. The van der Waals surface area contributed by atoms with E-state index in [4.69, 9.17) is 28.5 Å². The summed E-state index contributed by atoms with van der Waals surface area (Å²) in [5, 5.41) is 12.5. The highest BCUT2D eigenvalue weighted by atomic mass is 35.5. The first kappa shape index (κ1) is 14.6. The minimum Gasteiger partial charge on any atom is -0.335 e. The normalized spacial score (nSPS) is 19.1. The van der Waals surface area contributed by atoms with Gasteiger partial charge in [-0.15, -0.1) is 11.8 Å². The number of benzene rings is 1. The van der Waals surface area contributed by atoms with Crippen LogP contribution >= 0.6 is 46.7 Å². The Morgan fingerprint density at radius 2 is 2.21 bits per heavy atom. The number of amides is 1. The maximum atomic E-state index is 11.9. The second-order valence-electron chi connectivity index (χ2n) is 3.62. The van der Waals surface area contributed by atoms with Crippen LogP contribution in [0.5, 0.6) is 0 Å². The van der Waals surface area contributed by atoms with Crippen molar-refractivity contribution in [3.8, 4) is 6.07 Å². The summed E-state index contributed by atoms with van der Waals surface area (Å²) in [7, 11) is 0. The molecule has 1 heterocycles. The fourth-order valence-corrected chi connectivity index (χ4v) is 4.15. The third-order valence-corrected chi connectivity index (χ3v) is 5.41. The monoisotopic (exact) mass is 330 g/mol. The van der Waals surface area contributed by atoms with E-state index >= 15 is 0 Å². The summed E-state index contributed by atoms with van der Waals surface area (Å²) < 4.78 is 0.697. The van der Waals surface area contributed by atoms with Gasteiger partial charge in [-0.05, 0) is 18.4 Å². The molecule has 2 rings (SSSR count). The van der Waals surface area contributed by atoms with Gasteiger partial charge in [0.15, 0.2) is 0 Å². The van der Waals surface area contributed by atoms with Gasteiger partial charge in [-0.1, -0.05) is 41.0 Å². The molecular formula is C12H8Cl2N2OS2. The molecule has 0 spiro atoms. The van der Waals surface area contributed by atoms with Crippen LogP contribution in [0.25, 0.3) is 0 Å². The molecule has 0 fully saturated rings. The number of thioether (sulfide) groups is 2. The Bertz CT molecular complexity index is 610. The van der Waals surface area contributed by atoms with Crippen molar-refractivity contribution in [2.75, 3.05) is 6.26 Å². The van der Waals surface area contributed by atoms with Crippen molar-refractivity contribution < 1.29 is 4.79 Å². The van der Waals surface area contributed by atoms with Crippen molar-refractivity contribution in [3.63, 3.8) is 0 Å². The number of nitrogens with zero attached hydrogens (tertiary/aromatic N) is 1. The van der Waals surface area contributed by atoms with Gasteiger partial charge >= 0.3 is 0 Å². The molecule has 0 radical (unpaired) electrons. The Morgan fingerprint density at radius 1 is 1.47 bits per heavy atom. The van der Waals surface area contributed by atoms with Crippen molar-refractivity contribution in [1.29, 1.82) is 5.26 Å². The first-order chi connectivity index (χ1) is 9.06. The summed E-state index contributed by atoms with van der Waals surface area (Å²) >= 11 is 14.8. The molecule has 1 N–H and O–H groups in total. The number of carbonyl (C=O) groups is 1. The lowest BCUT2D eigenvalue weighted by atomic mass is 10.2. The van der Waals surface area contributed by atoms with E-state index in [-0.39, 0.29) is 16.9 Å². The fraction of sp³-hybridized carbons (Fsp3) is 0.167. The second kappa shape index (κ2) is 6.10. The van der Waals surface area contributed by atoms with E-state index in [2.05, 4.69) is 5.32 Å². The zero-order valence-corrected chi connectivity index (χ0v) is 12.9. The number of rotatable bonds is 2. The summed E-state index contributed by atoms with van der Waals surface area (Å²) in [4.78, 5) is 11.9. The van der Waals surface area contributed by atoms with Crippen LogP contribution in [0.3, 0.4) is 0 Å². The van der Waals surface area contributed by atoms with Crippen LogP contribution < -0.4 is 5.32 Å². The van der Waals surface area contributed by atoms with Crippen LogP contribution in [-0.2, 0) is 4.79 Å². The summed E-state index contributed by atoms with van der Waals surface area (Å²) in [5.74, 6) is -0.374. The van der Waals surface area contributed by atoms with E-state index in [0.717, 1.165) is 5.56 Å². The van der Waals surface area contributed by atoms with Gasteiger partial charge in [-0.2, -0.15) is 5.26 Å². The van der Waals surface area contributed by atoms with E-state index in [1.165, 1.54) is 23.5 Å². The van der Waals surface area contributed by atoms with Gasteiger partial charge < -0.3 is 5.32 Å². The number of hydrogen-bond donors (Lipinski definition) is 1. The van der Waals surface area contributed by atoms with E-state index in [1.807, 2.05) is 12.3 Å². The van der Waals surface area contributed by atoms with Gasteiger partial charge in [-0.25, -0.2) is 0 Å². The van der Waals surface area contributed by atoms with E-state index < -0.39 is 0 Å². The lowest BCUT2D eigenvalue weighted by molar-refractivity contribution is -0.117. The number of carbonyl (C=O) groups excluding carboxylic acids is 1. The van der Waals surface area contributed by atoms with Gasteiger partial charge in [0.1, 0.15) is 17.0 Å². The highest BCUT2D eigenvalue weighted by Crippen LogP contribution is 2.44. The van der Waals surface area contributed by atoms with Gasteiger partial charge in [-0.3, -0.25) is 4.79 Å². The second-order valence-corrected chi connectivity index (χ2v) is 6.65. The van der Waals surface area contributed by atoms with Crippen molar-refractivity contribution in [2.24, 2.45) is 0 Å². The molecular weight excluding hydrogens is 323 g/mol. The van der Waals surface area contributed by atoms with Crippen molar-refractivity contribution in [1.82, 2.24) is 5.32 Å². The van der Waals surface area contributed by atoms with Crippen LogP contribution in [0, 0.1) is 11.3 Å². The average molecular weight is 331 g/mol. The Balaban J connectivity index is 2.38. The number of nitrogens with one attached hydrogen (secondary N) is 1. The highest BCUT2D eigenvalue weighted by Gasteiger charge is 2.29. The number of nitriles is 1. The smallest absolute Gasteiger partial charge is 0.264 e. The first-order valence-corrected chi connectivity index (χ1v) is 8.03. The molecule has 1 atom stereocenters. The summed E-state index contributed by atoms with van der Waals surface area (Å²) in [6.07, 6.45) is 1.83. The molecule has 0 unspecified atom stereocenters. The Labute approximate surface area is 129 Å². The summed E-state index contributed by atoms with van der Waals surface area (Å²) in [6.45, 7) is 0. The zero-order valence-electron chi connectivity index (χ0n) is 9.74.